The summed E-state index contributed by atoms with van der Waals surface area (Å²) < 4.78 is 5.97. The summed E-state index contributed by atoms with van der Waals surface area (Å²) in [5, 5.41) is 1.18. The highest BCUT2D eigenvalue weighted by Crippen LogP contribution is 2.27. The van der Waals surface area contributed by atoms with E-state index in [9.17, 15) is 0 Å². The van der Waals surface area contributed by atoms with E-state index in [1.165, 1.54) is 30.2 Å². The Kier molecular flexibility index (Phi) is 4.22. The van der Waals surface area contributed by atoms with Gasteiger partial charge in [-0.3, -0.25) is 4.98 Å². The van der Waals surface area contributed by atoms with Gasteiger partial charge in [-0.05, 0) is 37.5 Å². The summed E-state index contributed by atoms with van der Waals surface area (Å²) in [7, 11) is 0. The van der Waals surface area contributed by atoms with Crippen molar-refractivity contribution in [3.8, 4) is 0 Å². The van der Waals surface area contributed by atoms with Gasteiger partial charge in [0.1, 0.15) is 0 Å². The highest BCUT2D eigenvalue weighted by Gasteiger charge is 2.27. The van der Waals surface area contributed by atoms with Crippen LogP contribution < -0.4 is 5.73 Å². The van der Waals surface area contributed by atoms with Crippen molar-refractivity contribution in [3.05, 3.63) is 41.6 Å². The largest absolute Gasteiger partial charge is 0.375 e. The normalized spacial score (nSPS) is 18.0. The molecule has 3 nitrogen and oxygen atoms in total. The maximum Gasteiger partial charge on any atom is 0.0725 e. The second kappa shape index (κ2) is 6.12. The molecule has 2 N–H and O–H groups in total. The number of hydrogen-bond acceptors (Lipinski definition) is 3. The Balaban J connectivity index is 1.70. The summed E-state index contributed by atoms with van der Waals surface area (Å²) in [4.78, 5) is 4.57. The van der Waals surface area contributed by atoms with E-state index in [1.54, 1.807) is 0 Å². The van der Waals surface area contributed by atoms with Crippen LogP contribution >= 0.6 is 0 Å². The SMILES string of the molecule is Cc1cc(COCC2(N)CCCCC2)c2ccccc2n1. The number of nitrogens with zero attached hydrogens (tertiary/aromatic N) is 1. The maximum absolute atomic E-state index is 6.43. The van der Waals surface area contributed by atoms with Crippen molar-refractivity contribution in [1.82, 2.24) is 4.98 Å². The molecule has 0 atom stereocenters. The van der Waals surface area contributed by atoms with E-state index in [0.29, 0.717) is 13.2 Å². The first kappa shape index (κ1) is 14.5. The Morgan fingerprint density at radius 1 is 1.19 bits per heavy atom. The van der Waals surface area contributed by atoms with Gasteiger partial charge in [0.15, 0.2) is 0 Å². The van der Waals surface area contributed by atoms with Crippen LogP contribution in [0, 0.1) is 6.92 Å². The number of para-hydroxylation sites is 1. The second-order valence-electron chi connectivity index (χ2n) is 6.36. The fourth-order valence-electron chi connectivity index (χ4n) is 3.28. The summed E-state index contributed by atoms with van der Waals surface area (Å²) in [6, 6.07) is 10.4. The summed E-state index contributed by atoms with van der Waals surface area (Å²) >= 11 is 0. The Morgan fingerprint density at radius 2 is 1.95 bits per heavy atom. The lowest BCUT2D eigenvalue weighted by Crippen LogP contribution is -2.46. The van der Waals surface area contributed by atoms with Gasteiger partial charge in [-0.25, -0.2) is 0 Å². The molecule has 2 aromatic rings. The number of rotatable bonds is 4. The monoisotopic (exact) mass is 284 g/mol. The quantitative estimate of drug-likeness (QED) is 0.930. The van der Waals surface area contributed by atoms with Gasteiger partial charge in [-0.1, -0.05) is 37.5 Å². The molecule has 1 aliphatic carbocycles. The molecule has 112 valence electrons. The molecule has 1 saturated carbocycles. The fraction of sp³-hybridized carbons (Fsp3) is 0.500. The maximum atomic E-state index is 6.43. The van der Waals surface area contributed by atoms with E-state index in [0.717, 1.165) is 24.1 Å². The van der Waals surface area contributed by atoms with Gasteiger partial charge < -0.3 is 10.5 Å². The Morgan fingerprint density at radius 3 is 2.76 bits per heavy atom. The molecule has 0 radical (unpaired) electrons. The van der Waals surface area contributed by atoms with Crippen molar-refractivity contribution < 1.29 is 4.74 Å². The first-order chi connectivity index (χ1) is 10.2. The van der Waals surface area contributed by atoms with E-state index in [-0.39, 0.29) is 5.54 Å². The van der Waals surface area contributed by atoms with Gasteiger partial charge in [0, 0.05) is 16.6 Å². The average molecular weight is 284 g/mol. The molecule has 3 heteroatoms. The lowest BCUT2D eigenvalue weighted by atomic mass is 9.83. The molecule has 1 aromatic carbocycles. The molecule has 21 heavy (non-hydrogen) atoms. The van der Waals surface area contributed by atoms with E-state index >= 15 is 0 Å². The summed E-state index contributed by atoms with van der Waals surface area (Å²) in [6.45, 7) is 3.30. The van der Waals surface area contributed by atoms with E-state index in [4.69, 9.17) is 10.5 Å². The number of hydrogen-bond donors (Lipinski definition) is 1. The second-order valence-corrected chi connectivity index (χ2v) is 6.36. The molecule has 3 rings (SSSR count). The number of benzene rings is 1. The van der Waals surface area contributed by atoms with Gasteiger partial charge in [0.25, 0.3) is 0 Å². The molecule has 0 aliphatic heterocycles. The van der Waals surface area contributed by atoms with E-state index in [2.05, 4.69) is 29.2 Å². The number of ether oxygens (including phenoxy) is 1. The smallest absolute Gasteiger partial charge is 0.0725 e. The number of aryl methyl sites for hydroxylation is 1. The van der Waals surface area contributed by atoms with Gasteiger partial charge in [-0.2, -0.15) is 0 Å². The summed E-state index contributed by atoms with van der Waals surface area (Å²) in [5.41, 5.74) is 9.59. The van der Waals surface area contributed by atoms with Crippen molar-refractivity contribution in [2.24, 2.45) is 5.73 Å². The first-order valence-corrected chi connectivity index (χ1v) is 7.88. The predicted octanol–water partition coefficient (Wildman–Crippen LogP) is 3.72. The molecule has 0 spiro atoms. The minimum absolute atomic E-state index is 0.115. The zero-order valence-electron chi connectivity index (χ0n) is 12.8. The fourth-order valence-corrected chi connectivity index (χ4v) is 3.28. The molecular weight excluding hydrogens is 260 g/mol. The summed E-state index contributed by atoms with van der Waals surface area (Å²) in [6.07, 6.45) is 5.95. The highest BCUT2D eigenvalue weighted by molar-refractivity contribution is 5.82. The minimum Gasteiger partial charge on any atom is -0.375 e. The Hall–Kier alpha value is -1.45. The van der Waals surface area contributed by atoms with Gasteiger partial charge in [0.2, 0.25) is 0 Å². The van der Waals surface area contributed by atoms with Gasteiger partial charge in [-0.15, -0.1) is 0 Å². The number of fused-ring (bicyclic) bond motifs is 1. The average Bonchev–Trinajstić information content (AvgIpc) is 2.47. The van der Waals surface area contributed by atoms with Crippen molar-refractivity contribution >= 4 is 10.9 Å². The lowest BCUT2D eigenvalue weighted by molar-refractivity contribution is 0.0580. The van der Waals surface area contributed by atoms with Crippen LogP contribution in [0.1, 0.15) is 43.4 Å². The minimum atomic E-state index is -0.115. The Bertz CT molecular complexity index is 618. The molecule has 1 aliphatic rings. The van der Waals surface area contributed by atoms with Gasteiger partial charge in [0.05, 0.1) is 18.7 Å². The zero-order valence-corrected chi connectivity index (χ0v) is 12.8. The number of nitrogens with two attached hydrogens (primary N) is 1. The van der Waals surface area contributed by atoms with Crippen LogP contribution in [0.5, 0.6) is 0 Å². The molecule has 0 saturated heterocycles. The van der Waals surface area contributed by atoms with Crippen LogP contribution in [-0.2, 0) is 11.3 Å². The van der Waals surface area contributed by atoms with Crippen molar-refractivity contribution in [3.63, 3.8) is 0 Å². The van der Waals surface area contributed by atoms with E-state index < -0.39 is 0 Å². The topological polar surface area (TPSA) is 48.1 Å². The van der Waals surface area contributed by atoms with Crippen molar-refractivity contribution in [1.29, 1.82) is 0 Å². The summed E-state index contributed by atoms with van der Waals surface area (Å²) in [5.74, 6) is 0. The van der Waals surface area contributed by atoms with Crippen LogP contribution in [0.2, 0.25) is 0 Å². The third kappa shape index (κ3) is 3.42. The van der Waals surface area contributed by atoms with Crippen LogP contribution in [0.4, 0.5) is 0 Å². The number of pyridine rings is 1. The third-order valence-electron chi connectivity index (χ3n) is 4.43. The van der Waals surface area contributed by atoms with Crippen molar-refractivity contribution in [2.75, 3.05) is 6.61 Å². The van der Waals surface area contributed by atoms with Gasteiger partial charge >= 0.3 is 0 Å². The molecule has 0 unspecified atom stereocenters. The standard InChI is InChI=1S/C18H24N2O/c1-14-11-15(16-7-3-4-8-17(16)20-14)12-21-13-18(19)9-5-2-6-10-18/h3-4,7-8,11H,2,5-6,9-10,12-13,19H2,1H3. The molecule has 0 bridgehead atoms. The van der Waals surface area contributed by atoms with Crippen LogP contribution in [0.15, 0.2) is 30.3 Å². The predicted molar refractivity (Wildman–Crippen MR) is 86.1 cm³/mol. The molecule has 0 amide bonds. The third-order valence-corrected chi connectivity index (χ3v) is 4.43. The van der Waals surface area contributed by atoms with Crippen LogP contribution in [-0.4, -0.2) is 17.1 Å². The first-order valence-electron chi connectivity index (χ1n) is 7.88. The Labute approximate surface area is 126 Å². The molecular formula is C18H24N2O. The molecule has 1 heterocycles. The molecule has 1 fully saturated rings. The highest BCUT2D eigenvalue weighted by atomic mass is 16.5. The number of aromatic nitrogens is 1. The molecule has 1 aromatic heterocycles. The van der Waals surface area contributed by atoms with E-state index in [1.807, 2.05) is 13.0 Å². The lowest BCUT2D eigenvalue weighted by Gasteiger charge is -2.33. The van der Waals surface area contributed by atoms with Crippen molar-refractivity contribution in [2.45, 2.75) is 51.2 Å². The zero-order chi connectivity index (χ0) is 14.7. The van der Waals surface area contributed by atoms with Crippen LogP contribution in [0.3, 0.4) is 0 Å². The van der Waals surface area contributed by atoms with Crippen LogP contribution in [0.25, 0.3) is 10.9 Å².